The Morgan fingerprint density at radius 1 is 1.35 bits per heavy atom. The third-order valence-electron chi connectivity index (χ3n) is 2.00. The Morgan fingerprint density at radius 3 is 2.82 bits per heavy atom. The molecule has 0 N–H and O–H groups in total. The van der Waals surface area contributed by atoms with E-state index in [-0.39, 0.29) is 12.5 Å². The normalized spacial score (nSPS) is 10.2. The van der Waals surface area contributed by atoms with Crippen LogP contribution in [0.15, 0.2) is 45.3 Å². The Hall–Kier alpha value is -1.82. The van der Waals surface area contributed by atoms with E-state index in [2.05, 4.69) is 15.9 Å². The average Bonchev–Trinajstić information content (AvgIpc) is 2.75. The molecule has 1 aromatic carbocycles. The Balaban J connectivity index is 2.00. The fraction of sp³-hybridized carbons (Fsp3) is 0.0909. The van der Waals surface area contributed by atoms with Crippen LogP contribution < -0.4 is 4.74 Å². The summed E-state index contributed by atoms with van der Waals surface area (Å²) in [5.74, 6) is 0.799. The van der Waals surface area contributed by atoms with Crippen molar-refractivity contribution in [2.75, 3.05) is 0 Å². The summed E-state index contributed by atoms with van der Waals surface area (Å²) in [7, 11) is 0. The molecule has 0 saturated carbocycles. The first-order chi connectivity index (χ1) is 8.15. The molecule has 0 atom stereocenters. The van der Waals surface area contributed by atoms with E-state index in [9.17, 15) is 10.1 Å². The second-order valence-corrected chi connectivity index (χ2v) is 4.16. The van der Waals surface area contributed by atoms with Crippen molar-refractivity contribution in [3.63, 3.8) is 0 Å². The minimum atomic E-state index is -0.581. The molecule has 2 rings (SSSR count). The van der Waals surface area contributed by atoms with Crippen molar-refractivity contribution in [3.05, 3.63) is 56.7 Å². The fourth-order valence-corrected chi connectivity index (χ4v) is 1.63. The zero-order valence-electron chi connectivity index (χ0n) is 8.63. The Bertz CT molecular complexity index is 538. The topological polar surface area (TPSA) is 65.5 Å². The van der Waals surface area contributed by atoms with Gasteiger partial charge in [-0.15, -0.1) is 0 Å². The van der Waals surface area contributed by atoms with Crippen molar-refractivity contribution in [3.8, 4) is 5.75 Å². The maximum absolute atomic E-state index is 10.4. The number of furan rings is 1. The number of hydrogen-bond donors (Lipinski definition) is 0. The molecule has 0 bridgehead atoms. The maximum Gasteiger partial charge on any atom is 0.433 e. The van der Waals surface area contributed by atoms with Gasteiger partial charge in [-0.1, -0.05) is 22.0 Å². The van der Waals surface area contributed by atoms with E-state index < -0.39 is 4.92 Å². The number of halogens is 1. The van der Waals surface area contributed by atoms with Gasteiger partial charge in [-0.05, 0) is 24.3 Å². The van der Waals surface area contributed by atoms with Gasteiger partial charge in [0.25, 0.3) is 0 Å². The summed E-state index contributed by atoms with van der Waals surface area (Å²) in [4.78, 5) is 9.82. The third-order valence-corrected chi connectivity index (χ3v) is 2.50. The number of rotatable bonds is 4. The highest BCUT2D eigenvalue weighted by Gasteiger charge is 2.11. The van der Waals surface area contributed by atoms with Gasteiger partial charge in [-0.25, -0.2) is 0 Å². The standard InChI is InChI=1S/C11H8BrNO4/c12-8-2-1-3-9(6-8)16-7-10-4-5-11(17-10)13(14)15/h1-6H,7H2. The lowest BCUT2D eigenvalue weighted by molar-refractivity contribution is -0.402. The highest BCUT2D eigenvalue weighted by Crippen LogP contribution is 2.20. The Morgan fingerprint density at radius 2 is 2.18 bits per heavy atom. The van der Waals surface area contributed by atoms with E-state index in [1.54, 1.807) is 12.1 Å². The summed E-state index contributed by atoms with van der Waals surface area (Å²) < 4.78 is 11.3. The minimum absolute atomic E-state index is 0.157. The molecule has 17 heavy (non-hydrogen) atoms. The van der Waals surface area contributed by atoms with E-state index in [4.69, 9.17) is 9.15 Å². The van der Waals surface area contributed by atoms with Crippen LogP contribution in [0.2, 0.25) is 0 Å². The lowest BCUT2D eigenvalue weighted by Crippen LogP contribution is -1.93. The van der Waals surface area contributed by atoms with E-state index in [0.717, 1.165) is 4.47 Å². The molecule has 0 amide bonds. The van der Waals surface area contributed by atoms with Gasteiger partial charge in [0.05, 0.1) is 6.07 Å². The number of ether oxygens (including phenoxy) is 1. The fourth-order valence-electron chi connectivity index (χ4n) is 1.25. The molecule has 5 nitrogen and oxygen atoms in total. The zero-order valence-corrected chi connectivity index (χ0v) is 10.2. The molecule has 1 aromatic heterocycles. The van der Waals surface area contributed by atoms with Crippen molar-refractivity contribution in [1.29, 1.82) is 0 Å². The molecule has 0 unspecified atom stereocenters. The summed E-state index contributed by atoms with van der Waals surface area (Å²) in [6.07, 6.45) is 0. The molecule has 0 saturated heterocycles. The van der Waals surface area contributed by atoms with Crippen LogP contribution in [0.3, 0.4) is 0 Å². The predicted octanol–water partition coefficient (Wildman–Crippen LogP) is 3.53. The molecule has 1 heterocycles. The molecule has 2 aromatic rings. The van der Waals surface area contributed by atoms with Crippen LogP contribution in [-0.4, -0.2) is 4.92 Å². The Kier molecular flexibility index (Phi) is 3.43. The van der Waals surface area contributed by atoms with E-state index in [0.29, 0.717) is 11.5 Å². The van der Waals surface area contributed by atoms with Crippen LogP contribution in [0.4, 0.5) is 5.88 Å². The number of nitrogens with zero attached hydrogens (tertiary/aromatic N) is 1. The van der Waals surface area contributed by atoms with Crippen LogP contribution in [0.25, 0.3) is 0 Å². The summed E-state index contributed by atoms with van der Waals surface area (Å²) in [6.45, 7) is 0.157. The van der Waals surface area contributed by atoms with Crippen LogP contribution in [0, 0.1) is 10.1 Å². The highest BCUT2D eigenvalue weighted by atomic mass is 79.9. The quantitative estimate of drug-likeness (QED) is 0.639. The molecule has 0 spiro atoms. The molecule has 0 aliphatic heterocycles. The molecule has 0 aliphatic rings. The smallest absolute Gasteiger partial charge is 0.433 e. The van der Waals surface area contributed by atoms with Crippen molar-refractivity contribution >= 4 is 21.8 Å². The summed E-state index contributed by atoms with van der Waals surface area (Å²) in [6, 6.07) is 10.1. The molecular weight excluding hydrogens is 290 g/mol. The third kappa shape index (κ3) is 3.07. The summed E-state index contributed by atoms with van der Waals surface area (Å²) in [5.41, 5.74) is 0. The molecule has 88 valence electrons. The zero-order chi connectivity index (χ0) is 12.3. The molecule has 0 aliphatic carbocycles. The first-order valence-corrected chi connectivity index (χ1v) is 5.56. The second-order valence-electron chi connectivity index (χ2n) is 3.24. The predicted molar refractivity (Wildman–Crippen MR) is 63.8 cm³/mol. The van der Waals surface area contributed by atoms with Crippen molar-refractivity contribution in [1.82, 2.24) is 0 Å². The van der Waals surface area contributed by atoms with Gasteiger partial charge in [-0.2, -0.15) is 0 Å². The van der Waals surface area contributed by atoms with Crippen molar-refractivity contribution in [2.45, 2.75) is 6.61 Å². The maximum atomic E-state index is 10.4. The van der Waals surface area contributed by atoms with E-state index in [1.165, 1.54) is 12.1 Å². The molecule has 0 radical (unpaired) electrons. The summed E-state index contributed by atoms with van der Waals surface area (Å²) in [5, 5.41) is 10.4. The minimum Gasteiger partial charge on any atom is -0.486 e. The van der Waals surface area contributed by atoms with Gasteiger partial charge < -0.3 is 9.15 Å². The van der Waals surface area contributed by atoms with E-state index >= 15 is 0 Å². The van der Waals surface area contributed by atoms with Gasteiger partial charge in [0.15, 0.2) is 0 Å². The van der Waals surface area contributed by atoms with Gasteiger partial charge in [-0.3, -0.25) is 10.1 Å². The van der Waals surface area contributed by atoms with Crippen molar-refractivity contribution < 1.29 is 14.1 Å². The molecule has 0 fully saturated rings. The second kappa shape index (κ2) is 5.01. The van der Waals surface area contributed by atoms with Gasteiger partial charge in [0.2, 0.25) is 0 Å². The monoisotopic (exact) mass is 297 g/mol. The highest BCUT2D eigenvalue weighted by molar-refractivity contribution is 9.10. The lowest BCUT2D eigenvalue weighted by atomic mass is 10.3. The average molecular weight is 298 g/mol. The van der Waals surface area contributed by atoms with Crippen LogP contribution in [-0.2, 0) is 6.61 Å². The summed E-state index contributed by atoms with van der Waals surface area (Å²) >= 11 is 3.32. The van der Waals surface area contributed by atoms with Gasteiger partial charge >= 0.3 is 5.88 Å². The van der Waals surface area contributed by atoms with Crippen LogP contribution in [0.5, 0.6) is 5.75 Å². The lowest BCUT2D eigenvalue weighted by Gasteiger charge is -2.03. The van der Waals surface area contributed by atoms with Crippen LogP contribution >= 0.6 is 15.9 Å². The SMILES string of the molecule is O=[N+]([O-])c1ccc(COc2cccc(Br)c2)o1. The van der Waals surface area contributed by atoms with Crippen molar-refractivity contribution in [2.24, 2.45) is 0 Å². The first-order valence-electron chi connectivity index (χ1n) is 4.76. The molecular formula is C11H8BrNO4. The Labute approximate surface area is 105 Å². The number of nitro groups is 1. The molecule has 6 heteroatoms. The van der Waals surface area contributed by atoms with Gasteiger partial charge in [0.1, 0.15) is 23.0 Å². The van der Waals surface area contributed by atoms with Crippen LogP contribution in [0.1, 0.15) is 5.76 Å². The number of benzene rings is 1. The number of hydrogen-bond acceptors (Lipinski definition) is 4. The van der Waals surface area contributed by atoms with E-state index in [1.807, 2.05) is 12.1 Å². The first kappa shape index (κ1) is 11.7. The largest absolute Gasteiger partial charge is 0.486 e. The van der Waals surface area contributed by atoms with Gasteiger partial charge in [0, 0.05) is 4.47 Å².